The molecule has 1 amide bonds. The molecule has 0 aliphatic rings. The van der Waals surface area contributed by atoms with Gasteiger partial charge >= 0.3 is 0 Å². The van der Waals surface area contributed by atoms with Gasteiger partial charge in [-0.05, 0) is 60.3 Å². The number of nitrogens with zero attached hydrogens (tertiary/aromatic N) is 1. The highest BCUT2D eigenvalue weighted by Crippen LogP contribution is 2.37. The van der Waals surface area contributed by atoms with Crippen molar-refractivity contribution in [1.82, 2.24) is 4.98 Å². The van der Waals surface area contributed by atoms with Gasteiger partial charge in [0.25, 0.3) is 5.91 Å². The minimum atomic E-state index is -0.271. The summed E-state index contributed by atoms with van der Waals surface area (Å²) >= 11 is 6.34. The van der Waals surface area contributed by atoms with Crippen LogP contribution in [0.25, 0.3) is 21.7 Å². The summed E-state index contributed by atoms with van der Waals surface area (Å²) < 4.78 is 11.4. The molecule has 4 aromatic carbocycles. The first kappa shape index (κ1) is 22.5. The Balaban J connectivity index is 1.47. The first-order valence-electron chi connectivity index (χ1n) is 10.9. The first-order valence-corrected chi connectivity index (χ1v) is 11.2. The third-order valence-corrected chi connectivity index (χ3v) is 6.27. The zero-order valence-corrected chi connectivity index (χ0v) is 19.8. The summed E-state index contributed by atoms with van der Waals surface area (Å²) in [5.41, 5.74) is 2.53. The quantitative estimate of drug-likeness (QED) is 0.278. The molecule has 0 saturated heterocycles. The fourth-order valence-electron chi connectivity index (χ4n) is 3.96. The van der Waals surface area contributed by atoms with E-state index in [1.54, 1.807) is 24.4 Å². The zero-order valence-electron chi connectivity index (χ0n) is 19.0. The van der Waals surface area contributed by atoms with Gasteiger partial charge < -0.3 is 19.9 Å². The molecular weight excluding hydrogens is 464 g/mol. The summed E-state index contributed by atoms with van der Waals surface area (Å²) in [7, 11) is 1.49. The maximum absolute atomic E-state index is 12.9. The molecule has 5 aromatic rings. The molecule has 7 heteroatoms. The molecule has 35 heavy (non-hydrogen) atoms. The molecule has 6 nitrogen and oxygen atoms in total. The smallest absolute Gasteiger partial charge is 0.257 e. The largest absolute Gasteiger partial charge is 0.504 e. The van der Waals surface area contributed by atoms with Crippen LogP contribution in [0.15, 0.2) is 79.0 Å². The number of aromatic hydroxyl groups is 1. The molecule has 0 bridgehead atoms. The Morgan fingerprint density at radius 3 is 2.63 bits per heavy atom. The van der Waals surface area contributed by atoms with Gasteiger partial charge in [-0.25, -0.2) is 0 Å². The maximum atomic E-state index is 12.9. The number of ether oxygens (including phenoxy) is 2. The van der Waals surface area contributed by atoms with Crippen LogP contribution >= 0.6 is 11.6 Å². The second-order valence-corrected chi connectivity index (χ2v) is 8.41. The van der Waals surface area contributed by atoms with Gasteiger partial charge in [0.1, 0.15) is 11.5 Å². The summed E-state index contributed by atoms with van der Waals surface area (Å²) in [6.45, 7) is 1.86. The summed E-state index contributed by atoms with van der Waals surface area (Å²) in [6.07, 6.45) is 1.62. The van der Waals surface area contributed by atoms with Crippen molar-refractivity contribution < 1.29 is 19.4 Å². The number of anilines is 1. The number of phenolic OH excluding ortho intramolecular Hbond substituents is 1. The molecule has 5 rings (SSSR count). The van der Waals surface area contributed by atoms with Gasteiger partial charge in [0.2, 0.25) is 0 Å². The normalized spacial score (nSPS) is 10.9. The Morgan fingerprint density at radius 1 is 0.971 bits per heavy atom. The number of amides is 1. The summed E-state index contributed by atoms with van der Waals surface area (Å²) in [5.74, 6) is 1.26. The van der Waals surface area contributed by atoms with Crippen molar-refractivity contribution in [1.29, 1.82) is 0 Å². The summed E-state index contributed by atoms with van der Waals surface area (Å²) in [5, 5.41) is 15.9. The number of hydrogen-bond acceptors (Lipinski definition) is 5. The highest BCUT2D eigenvalue weighted by Gasteiger charge is 2.14. The average Bonchev–Trinajstić information content (AvgIpc) is 2.85. The predicted octanol–water partition coefficient (Wildman–Crippen LogP) is 7.11. The number of benzene rings is 4. The number of nitrogens with one attached hydrogen (secondary N) is 1. The molecular formula is C28H21ClN2O4. The lowest BCUT2D eigenvalue weighted by Crippen LogP contribution is -2.13. The Kier molecular flexibility index (Phi) is 5.89. The van der Waals surface area contributed by atoms with Crippen molar-refractivity contribution >= 4 is 44.9 Å². The van der Waals surface area contributed by atoms with E-state index < -0.39 is 0 Å². The second kappa shape index (κ2) is 9.16. The molecule has 0 unspecified atom stereocenters. The number of aryl methyl sites for hydroxylation is 1. The third kappa shape index (κ3) is 4.32. The number of carbonyl (C=O) groups is 1. The average molecular weight is 485 g/mol. The van der Waals surface area contributed by atoms with Gasteiger partial charge in [-0.2, -0.15) is 0 Å². The van der Waals surface area contributed by atoms with Gasteiger partial charge in [0, 0.05) is 28.7 Å². The van der Waals surface area contributed by atoms with Crippen LogP contribution in [0, 0.1) is 6.92 Å². The Bertz CT molecular complexity index is 1600. The van der Waals surface area contributed by atoms with E-state index in [1.807, 2.05) is 55.5 Å². The van der Waals surface area contributed by atoms with Crippen molar-refractivity contribution in [2.24, 2.45) is 0 Å². The topological polar surface area (TPSA) is 80.7 Å². The zero-order chi connectivity index (χ0) is 24.5. The lowest BCUT2D eigenvalue weighted by molar-refractivity contribution is 0.102. The van der Waals surface area contributed by atoms with Crippen LogP contribution in [-0.4, -0.2) is 23.1 Å². The number of pyridine rings is 1. The van der Waals surface area contributed by atoms with Crippen LogP contribution < -0.4 is 14.8 Å². The third-order valence-electron chi connectivity index (χ3n) is 5.77. The van der Waals surface area contributed by atoms with Crippen molar-refractivity contribution in [3.63, 3.8) is 0 Å². The molecule has 1 heterocycles. The minimum Gasteiger partial charge on any atom is -0.504 e. The van der Waals surface area contributed by atoms with Crippen LogP contribution in [0.2, 0.25) is 5.02 Å². The van der Waals surface area contributed by atoms with Gasteiger partial charge in [0.05, 0.1) is 23.2 Å². The fraction of sp³-hybridized carbons (Fsp3) is 0.0714. The van der Waals surface area contributed by atoms with Gasteiger partial charge in [-0.15, -0.1) is 0 Å². The lowest BCUT2D eigenvalue weighted by Gasteiger charge is -2.13. The lowest BCUT2D eigenvalue weighted by atomic mass is 10.1. The number of phenols is 1. The highest BCUT2D eigenvalue weighted by atomic mass is 35.5. The van der Waals surface area contributed by atoms with E-state index in [9.17, 15) is 9.90 Å². The van der Waals surface area contributed by atoms with E-state index in [1.165, 1.54) is 13.2 Å². The number of hydrogen-bond donors (Lipinski definition) is 2. The van der Waals surface area contributed by atoms with Gasteiger partial charge in [-0.3, -0.25) is 9.78 Å². The number of rotatable bonds is 5. The van der Waals surface area contributed by atoms with E-state index in [4.69, 9.17) is 21.1 Å². The molecule has 174 valence electrons. The van der Waals surface area contributed by atoms with Crippen molar-refractivity contribution in [2.75, 3.05) is 12.4 Å². The number of methoxy groups -OCH3 is 1. The van der Waals surface area contributed by atoms with E-state index in [2.05, 4.69) is 10.3 Å². The van der Waals surface area contributed by atoms with E-state index in [-0.39, 0.29) is 11.7 Å². The molecule has 0 saturated carbocycles. The van der Waals surface area contributed by atoms with Crippen LogP contribution in [0.3, 0.4) is 0 Å². The Hall–Kier alpha value is -4.29. The van der Waals surface area contributed by atoms with Crippen molar-refractivity contribution in [3.05, 3.63) is 95.1 Å². The SMILES string of the molecule is COc1cc2c(Oc3ccc4c(NC(=O)c5cccc(C)c5Cl)cccc4c3)ccnc2cc1O. The molecule has 0 fully saturated rings. The second-order valence-electron chi connectivity index (χ2n) is 8.03. The Morgan fingerprint density at radius 2 is 1.80 bits per heavy atom. The molecule has 0 spiro atoms. The van der Waals surface area contributed by atoms with Gasteiger partial charge in [0.15, 0.2) is 11.5 Å². The molecule has 0 aliphatic carbocycles. The number of aromatic nitrogens is 1. The molecule has 0 aliphatic heterocycles. The van der Waals surface area contributed by atoms with Crippen molar-refractivity contribution in [2.45, 2.75) is 6.92 Å². The molecule has 0 atom stereocenters. The first-order chi connectivity index (χ1) is 16.9. The van der Waals surface area contributed by atoms with E-state index in [0.29, 0.717) is 44.4 Å². The Labute approximate surface area is 206 Å². The van der Waals surface area contributed by atoms with Gasteiger partial charge in [-0.1, -0.05) is 35.9 Å². The monoisotopic (exact) mass is 484 g/mol. The summed E-state index contributed by atoms with van der Waals surface area (Å²) in [4.78, 5) is 17.2. The highest BCUT2D eigenvalue weighted by molar-refractivity contribution is 6.35. The van der Waals surface area contributed by atoms with Crippen molar-refractivity contribution in [3.8, 4) is 23.0 Å². The summed E-state index contributed by atoms with van der Waals surface area (Å²) in [6, 6.07) is 21.7. The number of fused-ring (bicyclic) bond motifs is 2. The molecule has 0 radical (unpaired) electrons. The predicted molar refractivity (Wildman–Crippen MR) is 138 cm³/mol. The van der Waals surface area contributed by atoms with Crippen LogP contribution in [0.4, 0.5) is 5.69 Å². The number of halogens is 1. The van der Waals surface area contributed by atoms with Crippen LogP contribution in [0.1, 0.15) is 15.9 Å². The fourth-order valence-corrected chi connectivity index (χ4v) is 4.17. The minimum absolute atomic E-state index is 0.0110. The van der Waals surface area contributed by atoms with E-state index in [0.717, 1.165) is 16.3 Å². The van der Waals surface area contributed by atoms with Crippen LogP contribution in [-0.2, 0) is 0 Å². The molecule has 1 aromatic heterocycles. The van der Waals surface area contributed by atoms with E-state index >= 15 is 0 Å². The maximum Gasteiger partial charge on any atom is 0.257 e. The number of carbonyl (C=O) groups excluding carboxylic acids is 1. The molecule has 2 N–H and O–H groups in total. The standard InChI is InChI=1S/C28H21ClN2O4/c1-16-5-3-7-20(27(16)29)28(33)31-22-8-4-6-17-13-18(9-10-19(17)22)35-25-11-12-30-23-15-24(32)26(34-2)14-21(23)25/h3-15,32H,1-2H3,(H,31,33). The van der Waals surface area contributed by atoms with Crippen LogP contribution in [0.5, 0.6) is 23.0 Å².